The van der Waals surface area contributed by atoms with Crippen LogP contribution in [0.3, 0.4) is 0 Å². The highest BCUT2D eigenvalue weighted by molar-refractivity contribution is 5.61. The number of hydrogen-bond donors (Lipinski definition) is 0. The van der Waals surface area contributed by atoms with Crippen LogP contribution in [0.1, 0.15) is 38.5 Å². The molecule has 2 heteroatoms. The fraction of sp³-hybridized carbons (Fsp3) is 0.909. The monoisotopic (exact) mass is 182 g/mol. The highest BCUT2D eigenvalue weighted by Crippen LogP contribution is 2.62. The van der Waals surface area contributed by atoms with E-state index >= 15 is 0 Å². The molecule has 0 amide bonds. The smallest absolute Gasteiger partial charge is 0.126 e. The van der Waals surface area contributed by atoms with E-state index in [1.807, 2.05) is 0 Å². The maximum Gasteiger partial charge on any atom is 0.126 e. The lowest BCUT2D eigenvalue weighted by atomic mass is 9.49. The third-order valence-electron chi connectivity index (χ3n) is 4.28. The van der Waals surface area contributed by atoms with E-state index in [0.29, 0.717) is 18.3 Å². The second kappa shape index (κ2) is 2.15. The first kappa shape index (κ1) is 7.95. The third kappa shape index (κ3) is 1.01. The standard InChI is InChI=1S/C11H15FO/c12-11-4-8-1-9(5-11)3-10(2-8,6-11)7-13/h7-9H,1-6H2. The van der Waals surface area contributed by atoms with Gasteiger partial charge in [-0.25, -0.2) is 4.39 Å². The van der Waals surface area contributed by atoms with Crippen molar-refractivity contribution in [2.75, 3.05) is 0 Å². The molecule has 0 radical (unpaired) electrons. The quantitative estimate of drug-likeness (QED) is 0.569. The molecule has 2 atom stereocenters. The van der Waals surface area contributed by atoms with Crippen LogP contribution in [0.25, 0.3) is 0 Å². The van der Waals surface area contributed by atoms with E-state index in [0.717, 1.165) is 32.0 Å². The average Bonchev–Trinajstić information content (AvgIpc) is 1.99. The minimum Gasteiger partial charge on any atom is -0.303 e. The number of carbonyl (C=O) groups is 1. The lowest BCUT2D eigenvalue weighted by molar-refractivity contribution is -0.146. The Kier molecular flexibility index (Phi) is 1.32. The molecule has 4 aliphatic rings. The van der Waals surface area contributed by atoms with E-state index in [1.54, 1.807) is 0 Å². The summed E-state index contributed by atoms with van der Waals surface area (Å²) in [5.74, 6) is 1.02. The summed E-state index contributed by atoms with van der Waals surface area (Å²) >= 11 is 0. The van der Waals surface area contributed by atoms with Crippen molar-refractivity contribution >= 4 is 6.29 Å². The molecule has 72 valence electrons. The number of aldehydes is 1. The van der Waals surface area contributed by atoms with Gasteiger partial charge in [-0.3, -0.25) is 0 Å². The molecule has 2 unspecified atom stereocenters. The number of alkyl halides is 1. The van der Waals surface area contributed by atoms with Crippen molar-refractivity contribution in [1.82, 2.24) is 0 Å². The molecule has 0 aromatic rings. The van der Waals surface area contributed by atoms with Crippen molar-refractivity contribution in [2.24, 2.45) is 17.3 Å². The summed E-state index contributed by atoms with van der Waals surface area (Å²) in [7, 11) is 0. The van der Waals surface area contributed by atoms with Crippen LogP contribution in [0.2, 0.25) is 0 Å². The van der Waals surface area contributed by atoms with Gasteiger partial charge in [-0.2, -0.15) is 0 Å². The summed E-state index contributed by atoms with van der Waals surface area (Å²) < 4.78 is 14.2. The van der Waals surface area contributed by atoms with Crippen LogP contribution in [0.5, 0.6) is 0 Å². The van der Waals surface area contributed by atoms with Crippen molar-refractivity contribution < 1.29 is 9.18 Å². The van der Waals surface area contributed by atoms with Crippen LogP contribution in [0.15, 0.2) is 0 Å². The molecule has 0 aromatic carbocycles. The van der Waals surface area contributed by atoms with Crippen LogP contribution in [-0.4, -0.2) is 12.0 Å². The molecule has 0 aliphatic heterocycles. The molecule has 4 fully saturated rings. The van der Waals surface area contributed by atoms with Gasteiger partial charge in [-0.1, -0.05) is 0 Å². The van der Waals surface area contributed by atoms with Crippen LogP contribution in [-0.2, 0) is 4.79 Å². The Morgan fingerprint density at radius 1 is 1.15 bits per heavy atom. The Labute approximate surface area is 77.7 Å². The molecule has 0 heterocycles. The van der Waals surface area contributed by atoms with E-state index in [-0.39, 0.29) is 5.41 Å². The summed E-state index contributed by atoms with van der Waals surface area (Å²) in [5, 5.41) is 0. The SMILES string of the molecule is O=CC12CC3CC(CC(F)(C3)C1)C2. The van der Waals surface area contributed by atoms with E-state index in [4.69, 9.17) is 0 Å². The van der Waals surface area contributed by atoms with Crippen molar-refractivity contribution in [3.05, 3.63) is 0 Å². The maximum atomic E-state index is 14.2. The van der Waals surface area contributed by atoms with Gasteiger partial charge in [0.05, 0.1) is 0 Å². The molecule has 0 saturated heterocycles. The first-order valence-corrected chi connectivity index (χ1v) is 5.28. The first-order valence-electron chi connectivity index (χ1n) is 5.28. The number of hydrogen-bond acceptors (Lipinski definition) is 1. The van der Waals surface area contributed by atoms with Gasteiger partial charge in [0.1, 0.15) is 12.0 Å². The highest BCUT2D eigenvalue weighted by Gasteiger charge is 2.58. The van der Waals surface area contributed by atoms with Crippen LogP contribution < -0.4 is 0 Å². The van der Waals surface area contributed by atoms with Crippen LogP contribution >= 0.6 is 0 Å². The molecule has 4 rings (SSSR count). The summed E-state index contributed by atoms with van der Waals surface area (Å²) in [6.07, 6.45) is 6.17. The Hall–Kier alpha value is -0.400. The van der Waals surface area contributed by atoms with Gasteiger partial charge < -0.3 is 4.79 Å². The Morgan fingerprint density at radius 3 is 2.23 bits per heavy atom. The molecule has 0 aromatic heterocycles. The highest BCUT2D eigenvalue weighted by atomic mass is 19.1. The molecular formula is C11H15FO. The summed E-state index contributed by atoms with van der Waals surface area (Å²) in [6.45, 7) is 0. The zero-order valence-corrected chi connectivity index (χ0v) is 7.76. The molecule has 13 heavy (non-hydrogen) atoms. The molecular weight excluding hydrogens is 167 g/mol. The fourth-order valence-corrected chi connectivity index (χ4v) is 4.36. The van der Waals surface area contributed by atoms with Gasteiger partial charge >= 0.3 is 0 Å². The van der Waals surface area contributed by atoms with Crippen LogP contribution in [0, 0.1) is 17.3 Å². The van der Waals surface area contributed by atoms with Gasteiger partial charge in [0.15, 0.2) is 0 Å². The molecule has 4 bridgehead atoms. The van der Waals surface area contributed by atoms with Gasteiger partial charge in [0, 0.05) is 5.41 Å². The topological polar surface area (TPSA) is 17.1 Å². The zero-order chi connectivity index (χ0) is 9.10. The molecule has 0 N–H and O–H groups in total. The van der Waals surface area contributed by atoms with E-state index in [2.05, 4.69) is 0 Å². The number of halogens is 1. The van der Waals surface area contributed by atoms with E-state index in [9.17, 15) is 9.18 Å². The number of rotatable bonds is 1. The molecule has 0 spiro atoms. The Morgan fingerprint density at radius 2 is 1.77 bits per heavy atom. The molecule has 1 nitrogen and oxygen atoms in total. The summed E-state index contributed by atoms with van der Waals surface area (Å²) in [4.78, 5) is 11.0. The van der Waals surface area contributed by atoms with Gasteiger partial charge in [-0.15, -0.1) is 0 Å². The minimum atomic E-state index is -0.967. The Balaban J connectivity index is 2.00. The second-order valence-electron chi connectivity index (χ2n) is 5.59. The zero-order valence-electron chi connectivity index (χ0n) is 7.76. The number of carbonyl (C=O) groups excluding carboxylic acids is 1. The summed E-state index contributed by atoms with van der Waals surface area (Å²) in [6, 6.07) is 0. The molecule has 4 saturated carbocycles. The van der Waals surface area contributed by atoms with Gasteiger partial charge in [0.2, 0.25) is 0 Å². The van der Waals surface area contributed by atoms with Crippen molar-refractivity contribution in [1.29, 1.82) is 0 Å². The summed E-state index contributed by atoms with van der Waals surface area (Å²) in [5.41, 5.74) is -1.22. The van der Waals surface area contributed by atoms with Crippen molar-refractivity contribution in [2.45, 2.75) is 44.2 Å². The Bertz CT molecular complexity index is 247. The maximum absolute atomic E-state index is 14.2. The van der Waals surface area contributed by atoms with Gasteiger partial charge in [-0.05, 0) is 50.4 Å². The second-order valence-corrected chi connectivity index (χ2v) is 5.59. The van der Waals surface area contributed by atoms with E-state index < -0.39 is 5.67 Å². The third-order valence-corrected chi connectivity index (χ3v) is 4.28. The van der Waals surface area contributed by atoms with Crippen molar-refractivity contribution in [3.63, 3.8) is 0 Å². The van der Waals surface area contributed by atoms with Crippen LogP contribution in [0.4, 0.5) is 4.39 Å². The fourth-order valence-electron chi connectivity index (χ4n) is 4.36. The van der Waals surface area contributed by atoms with E-state index in [1.165, 1.54) is 6.42 Å². The molecule has 4 aliphatic carbocycles. The lowest BCUT2D eigenvalue weighted by Gasteiger charge is -2.57. The normalized spacial score (nSPS) is 58.2. The van der Waals surface area contributed by atoms with Crippen molar-refractivity contribution in [3.8, 4) is 0 Å². The lowest BCUT2D eigenvalue weighted by Crippen LogP contribution is -2.54. The van der Waals surface area contributed by atoms with Gasteiger partial charge in [0.25, 0.3) is 0 Å². The first-order chi connectivity index (χ1) is 6.13. The predicted molar refractivity (Wildman–Crippen MR) is 47.0 cm³/mol. The average molecular weight is 182 g/mol. The largest absolute Gasteiger partial charge is 0.303 e. The minimum absolute atomic E-state index is 0.251. The predicted octanol–water partition coefficient (Wildman–Crippen LogP) is 2.49.